The molecule has 0 aliphatic carbocycles. The lowest BCUT2D eigenvalue weighted by atomic mass is 10.1. The molecule has 1 aromatic carbocycles. The van der Waals surface area contributed by atoms with Crippen LogP contribution in [0.3, 0.4) is 0 Å². The van der Waals surface area contributed by atoms with E-state index in [1.807, 2.05) is 18.2 Å². The Labute approximate surface area is 105 Å². The highest BCUT2D eigenvalue weighted by atomic mass is 79.9. The highest BCUT2D eigenvalue weighted by molar-refractivity contribution is 9.10. The Morgan fingerprint density at radius 1 is 1.44 bits per heavy atom. The first-order valence-corrected chi connectivity index (χ1v) is 5.86. The van der Waals surface area contributed by atoms with E-state index in [9.17, 15) is 4.79 Å². The SMILES string of the molecule is COc1ccc(CCC(=O)N(C)C)cc1Br. The highest BCUT2D eigenvalue weighted by Crippen LogP contribution is 2.25. The maximum Gasteiger partial charge on any atom is 0.222 e. The number of aryl methyl sites for hydroxylation is 1. The summed E-state index contributed by atoms with van der Waals surface area (Å²) in [5.41, 5.74) is 1.13. The Balaban J connectivity index is 2.62. The van der Waals surface area contributed by atoms with E-state index in [0.29, 0.717) is 6.42 Å². The number of ether oxygens (including phenoxy) is 1. The second kappa shape index (κ2) is 5.89. The molecule has 0 unspecified atom stereocenters. The molecule has 0 N–H and O–H groups in total. The molecular weight excluding hydrogens is 270 g/mol. The van der Waals surface area contributed by atoms with E-state index in [1.54, 1.807) is 26.1 Å². The molecule has 0 radical (unpaired) electrons. The predicted molar refractivity (Wildman–Crippen MR) is 67.7 cm³/mol. The molecule has 1 rings (SSSR count). The van der Waals surface area contributed by atoms with Crippen LogP contribution in [0.5, 0.6) is 5.75 Å². The van der Waals surface area contributed by atoms with E-state index in [1.165, 1.54) is 0 Å². The summed E-state index contributed by atoms with van der Waals surface area (Å²) in [5.74, 6) is 0.953. The Kier molecular flexibility index (Phi) is 4.80. The first-order chi connectivity index (χ1) is 7.54. The van der Waals surface area contributed by atoms with Gasteiger partial charge in [-0.15, -0.1) is 0 Å². The van der Waals surface area contributed by atoms with Crippen LogP contribution in [0.15, 0.2) is 22.7 Å². The predicted octanol–water partition coefficient (Wildman–Crippen LogP) is 2.48. The van der Waals surface area contributed by atoms with E-state index in [0.717, 1.165) is 22.2 Å². The Bertz CT molecular complexity index is 377. The van der Waals surface area contributed by atoms with Crippen LogP contribution in [0.4, 0.5) is 0 Å². The topological polar surface area (TPSA) is 29.5 Å². The number of amides is 1. The molecule has 1 aromatic rings. The van der Waals surface area contributed by atoms with Gasteiger partial charge in [0.05, 0.1) is 11.6 Å². The number of hydrogen-bond donors (Lipinski definition) is 0. The van der Waals surface area contributed by atoms with Crippen LogP contribution in [-0.2, 0) is 11.2 Å². The van der Waals surface area contributed by atoms with Crippen molar-refractivity contribution in [3.8, 4) is 5.75 Å². The molecule has 0 saturated carbocycles. The van der Waals surface area contributed by atoms with E-state index in [2.05, 4.69) is 15.9 Å². The average molecular weight is 286 g/mol. The van der Waals surface area contributed by atoms with Crippen molar-refractivity contribution >= 4 is 21.8 Å². The summed E-state index contributed by atoms with van der Waals surface area (Å²) >= 11 is 3.42. The standard InChI is InChI=1S/C12H16BrNO2/c1-14(2)12(15)7-5-9-4-6-11(16-3)10(13)8-9/h4,6,8H,5,7H2,1-3H3. The molecule has 0 heterocycles. The summed E-state index contributed by atoms with van der Waals surface area (Å²) in [7, 11) is 5.17. The molecule has 3 nitrogen and oxygen atoms in total. The number of halogens is 1. The lowest BCUT2D eigenvalue weighted by Crippen LogP contribution is -2.21. The van der Waals surface area contributed by atoms with Gasteiger partial charge in [0.25, 0.3) is 0 Å². The molecule has 0 aliphatic heterocycles. The fraction of sp³-hybridized carbons (Fsp3) is 0.417. The molecule has 0 aromatic heterocycles. The van der Waals surface area contributed by atoms with Crippen molar-refractivity contribution in [1.29, 1.82) is 0 Å². The molecule has 0 fully saturated rings. The van der Waals surface area contributed by atoms with E-state index < -0.39 is 0 Å². The fourth-order valence-electron chi connectivity index (χ4n) is 1.34. The maximum absolute atomic E-state index is 11.4. The zero-order valence-corrected chi connectivity index (χ0v) is 11.4. The number of rotatable bonds is 4. The molecule has 0 atom stereocenters. The highest BCUT2D eigenvalue weighted by Gasteiger charge is 2.06. The molecule has 0 bridgehead atoms. The van der Waals surface area contributed by atoms with Gasteiger partial charge in [-0.1, -0.05) is 6.07 Å². The number of hydrogen-bond acceptors (Lipinski definition) is 2. The zero-order chi connectivity index (χ0) is 12.1. The van der Waals surface area contributed by atoms with Crippen molar-refractivity contribution in [3.63, 3.8) is 0 Å². The van der Waals surface area contributed by atoms with Crippen LogP contribution in [0.25, 0.3) is 0 Å². The normalized spacial score (nSPS) is 10.0. The molecule has 0 aliphatic rings. The largest absolute Gasteiger partial charge is 0.496 e. The minimum Gasteiger partial charge on any atom is -0.496 e. The second-order valence-corrected chi connectivity index (χ2v) is 4.61. The van der Waals surface area contributed by atoms with E-state index in [-0.39, 0.29) is 5.91 Å². The molecule has 1 amide bonds. The zero-order valence-electron chi connectivity index (χ0n) is 9.79. The molecule has 0 saturated heterocycles. The van der Waals surface area contributed by atoms with Gasteiger partial charge in [0.15, 0.2) is 0 Å². The Hall–Kier alpha value is -1.03. The number of methoxy groups -OCH3 is 1. The molecule has 16 heavy (non-hydrogen) atoms. The number of carbonyl (C=O) groups excluding carboxylic acids is 1. The number of benzene rings is 1. The van der Waals surface area contributed by atoms with Crippen molar-refractivity contribution in [2.75, 3.05) is 21.2 Å². The van der Waals surface area contributed by atoms with Gasteiger partial charge in [0.2, 0.25) is 5.91 Å². The Morgan fingerprint density at radius 2 is 2.12 bits per heavy atom. The average Bonchev–Trinajstić information content (AvgIpc) is 2.25. The lowest BCUT2D eigenvalue weighted by Gasteiger charge is -2.10. The van der Waals surface area contributed by atoms with Gasteiger partial charge >= 0.3 is 0 Å². The maximum atomic E-state index is 11.4. The van der Waals surface area contributed by atoms with Gasteiger partial charge in [-0.05, 0) is 40.0 Å². The summed E-state index contributed by atoms with van der Waals surface area (Å²) in [6.07, 6.45) is 1.28. The third-order valence-corrected chi connectivity index (χ3v) is 2.96. The first kappa shape index (κ1) is 13.0. The van der Waals surface area contributed by atoms with Crippen LogP contribution in [-0.4, -0.2) is 32.0 Å². The number of carbonyl (C=O) groups is 1. The minimum atomic E-state index is 0.145. The third kappa shape index (κ3) is 3.52. The summed E-state index contributed by atoms with van der Waals surface area (Å²) in [6, 6.07) is 5.87. The van der Waals surface area contributed by atoms with Gasteiger partial charge in [-0.3, -0.25) is 4.79 Å². The summed E-state index contributed by atoms with van der Waals surface area (Å²) in [5, 5.41) is 0. The second-order valence-electron chi connectivity index (χ2n) is 3.76. The quantitative estimate of drug-likeness (QED) is 0.851. The van der Waals surface area contributed by atoms with Crippen molar-refractivity contribution in [2.24, 2.45) is 0 Å². The van der Waals surface area contributed by atoms with Gasteiger partial charge in [0.1, 0.15) is 5.75 Å². The van der Waals surface area contributed by atoms with Crippen LogP contribution in [0.1, 0.15) is 12.0 Å². The summed E-state index contributed by atoms with van der Waals surface area (Å²) in [6.45, 7) is 0. The molecule has 88 valence electrons. The molecule has 0 spiro atoms. The van der Waals surface area contributed by atoms with Gasteiger partial charge < -0.3 is 9.64 Å². The van der Waals surface area contributed by atoms with Crippen LogP contribution < -0.4 is 4.74 Å². The van der Waals surface area contributed by atoms with Gasteiger partial charge in [-0.25, -0.2) is 0 Å². The van der Waals surface area contributed by atoms with Crippen LogP contribution in [0.2, 0.25) is 0 Å². The van der Waals surface area contributed by atoms with E-state index >= 15 is 0 Å². The minimum absolute atomic E-state index is 0.145. The van der Waals surface area contributed by atoms with Crippen molar-refractivity contribution in [1.82, 2.24) is 4.90 Å². The van der Waals surface area contributed by atoms with Gasteiger partial charge in [0, 0.05) is 20.5 Å². The summed E-state index contributed by atoms with van der Waals surface area (Å²) < 4.78 is 6.06. The first-order valence-electron chi connectivity index (χ1n) is 5.07. The summed E-state index contributed by atoms with van der Waals surface area (Å²) in [4.78, 5) is 13.0. The van der Waals surface area contributed by atoms with Crippen molar-refractivity contribution in [2.45, 2.75) is 12.8 Å². The fourth-order valence-corrected chi connectivity index (χ4v) is 1.93. The van der Waals surface area contributed by atoms with E-state index in [4.69, 9.17) is 4.74 Å². The number of nitrogens with zero attached hydrogens (tertiary/aromatic N) is 1. The van der Waals surface area contributed by atoms with Gasteiger partial charge in [-0.2, -0.15) is 0 Å². The van der Waals surface area contributed by atoms with Crippen LogP contribution in [0, 0.1) is 0 Å². The molecule has 4 heteroatoms. The molecular formula is C12H16BrNO2. The smallest absolute Gasteiger partial charge is 0.222 e. The van der Waals surface area contributed by atoms with Crippen LogP contribution >= 0.6 is 15.9 Å². The van der Waals surface area contributed by atoms with Crippen molar-refractivity contribution in [3.05, 3.63) is 28.2 Å². The lowest BCUT2D eigenvalue weighted by molar-refractivity contribution is -0.128. The third-order valence-electron chi connectivity index (χ3n) is 2.34. The Morgan fingerprint density at radius 3 is 2.62 bits per heavy atom. The van der Waals surface area contributed by atoms with Crippen molar-refractivity contribution < 1.29 is 9.53 Å². The monoisotopic (exact) mass is 285 g/mol.